The second-order valence-electron chi connectivity index (χ2n) is 5.70. The number of ether oxygens (including phenoxy) is 1. The molecule has 0 unspecified atom stereocenters. The number of anilines is 1. The fourth-order valence-corrected chi connectivity index (χ4v) is 3.09. The molecule has 2 aromatic rings. The molecule has 4 nitrogen and oxygen atoms in total. The van der Waals surface area contributed by atoms with E-state index in [4.69, 9.17) is 21.9 Å². The van der Waals surface area contributed by atoms with Gasteiger partial charge in [-0.2, -0.15) is 0 Å². The van der Waals surface area contributed by atoms with Crippen molar-refractivity contribution in [3.05, 3.63) is 60.2 Å². The molecule has 0 atom stereocenters. The van der Waals surface area contributed by atoms with E-state index in [9.17, 15) is 0 Å². The van der Waals surface area contributed by atoms with E-state index in [1.165, 1.54) is 0 Å². The molecule has 26 heavy (non-hydrogen) atoms. The van der Waals surface area contributed by atoms with Crippen LogP contribution in [0.5, 0.6) is 5.75 Å². The molecule has 0 fully saturated rings. The van der Waals surface area contributed by atoms with Crippen LogP contribution in [0.1, 0.15) is 26.3 Å². The Balaban J connectivity index is 2.37. The van der Waals surface area contributed by atoms with Crippen molar-refractivity contribution in [1.29, 1.82) is 0 Å². The molecule has 0 saturated heterocycles. The van der Waals surface area contributed by atoms with Crippen molar-refractivity contribution in [3.8, 4) is 5.75 Å². The van der Waals surface area contributed by atoms with Crippen molar-refractivity contribution in [2.75, 3.05) is 31.6 Å². The Morgan fingerprint density at radius 1 is 0.923 bits per heavy atom. The van der Waals surface area contributed by atoms with Gasteiger partial charge in [0, 0.05) is 30.9 Å². The predicted molar refractivity (Wildman–Crippen MR) is 115 cm³/mol. The standard InChI is InChI=1S/C21H27N3OS/c1-5-23(6-2)20(17-11-9-8-10-12-17)22-21(26)24(7-3)18-13-15-19(25-4)16-14-18/h8-16H,5-7H2,1-4H3. The van der Waals surface area contributed by atoms with Crippen LogP contribution in [0.25, 0.3) is 0 Å². The van der Waals surface area contributed by atoms with Gasteiger partial charge in [0.1, 0.15) is 11.6 Å². The molecule has 138 valence electrons. The summed E-state index contributed by atoms with van der Waals surface area (Å²) in [6, 6.07) is 18.1. The molecule has 0 heterocycles. The number of aliphatic imine (C=N–C) groups is 1. The highest BCUT2D eigenvalue weighted by atomic mass is 32.1. The minimum absolute atomic E-state index is 0.559. The lowest BCUT2D eigenvalue weighted by molar-refractivity contribution is 0.415. The summed E-state index contributed by atoms with van der Waals surface area (Å²) in [6.45, 7) is 8.84. The van der Waals surface area contributed by atoms with Crippen LogP contribution in [-0.4, -0.2) is 42.6 Å². The minimum atomic E-state index is 0.559. The summed E-state index contributed by atoms with van der Waals surface area (Å²) >= 11 is 5.69. The maximum absolute atomic E-state index is 5.69. The molecule has 2 rings (SSSR count). The molecule has 0 radical (unpaired) electrons. The molecule has 0 saturated carbocycles. The lowest BCUT2D eigenvalue weighted by atomic mass is 10.2. The molecule has 0 aliphatic rings. The van der Waals surface area contributed by atoms with E-state index in [0.29, 0.717) is 5.11 Å². The third kappa shape index (κ3) is 4.82. The number of hydrogen-bond donors (Lipinski definition) is 0. The predicted octanol–water partition coefficient (Wildman–Crippen LogP) is 4.60. The fraction of sp³-hybridized carbons (Fsp3) is 0.333. The first-order valence-corrected chi connectivity index (χ1v) is 9.39. The number of nitrogens with zero attached hydrogens (tertiary/aromatic N) is 3. The van der Waals surface area contributed by atoms with Gasteiger partial charge in [-0.3, -0.25) is 0 Å². The van der Waals surface area contributed by atoms with Gasteiger partial charge >= 0.3 is 0 Å². The Morgan fingerprint density at radius 3 is 2.04 bits per heavy atom. The van der Waals surface area contributed by atoms with Crippen molar-refractivity contribution in [1.82, 2.24) is 4.90 Å². The van der Waals surface area contributed by atoms with Crippen LogP contribution >= 0.6 is 12.2 Å². The molecule has 0 amide bonds. The minimum Gasteiger partial charge on any atom is -0.497 e. The zero-order valence-electron chi connectivity index (χ0n) is 16.0. The van der Waals surface area contributed by atoms with Crippen LogP contribution < -0.4 is 9.64 Å². The SMILES string of the molecule is CCN(CC)C(=NC(=S)N(CC)c1ccc(OC)cc1)c1ccccc1. The van der Waals surface area contributed by atoms with Crippen molar-refractivity contribution in [2.45, 2.75) is 20.8 Å². The molecular weight excluding hydrogens is 342 g/mol. The third-order valence-electron chi connectivity index (χ3n) is 4.23. The number of rotatable bonds is 6. The van der Waals surface area contributed by atoms with Gasteiger partial charge in [0.05, 0.1) is 7.11 Å². The third-order valence-corrected chi connectivity index (χ3v) is 4.54. The number of amidine groups is 1. The molecule has 0 spiro atoms. The van der Waals surface area contributed by atoms with E-state index in [-0.39, 0.29) is 0 Å². The zero-order valence-corrected chi connectivity index (χ0v) is 16.8. The first-order chi connectivity index (χ1) is 12.6. The average Bonchev–Trinajstić information content (AvgIpc) is 2.70. The van der Waals surface area contributed by atoms with Crippen LogP contribution in [0.4, 0.5) is 5.69 Å². The summed E-state index contributed by atoms with van der Waals surface area (Å²) in [5.41, 5.74) is 2.08. The molecule has 0 N–H and O–H groups in total. The van der Waals surface area contributed by atoms with Crippen molar-refractivity contribution < 1.29 is 4.74 Å². The highest BCUT2D eigenvalue weighted by Gasteiger charge is 2.15. The number of benzene rings is 2. The second kappa shape index (κ2) is 9.92. The highest BCUT2D eigenvalue weighted by molar-refractivity contribution is 7.80. The van der Waals surface area contributed by atoms with E-state index in [0.717, 1.165) is 42.5 Å². The van der Waals surface area contributed by atoms with Gasteiger partial charge in [0.25, 0.3) is 0 Å². The van der Waals surface area contributed by atoms with Crippen LogP contribution in [-0.2, 0) is 0 Å². The van der Waals surface area contributed by atoms with Crippen LogP contribution in [0.15, 0.2) is 59.6 Å². The lowest BCUT2D eigenvalue weighted by Gasteiger charge is -2.26. The Morgan fingerprint density at radius 2 is 1.54 bits per heavy atom. The molecule has 2 aromatic carbocycles. The molecule has 0 aromatic heterocycles. The molecular formula is C21H27N3OS. The van der Waals surface area contributed by atoms with E-state index in [1.54, 1.807) is 7.11 Å². The second-order valence-corrected chi connectivity index (χ2v) is 6.06. The van der Waals surface area contributed by atoms with Crippen LogP contribution in [0.2, 0.25) is 0 Å². The lowest BCUT2D eigenvalue weighted by Crippen LogP contribution is -2.35. The molecule has 0 bridgehead atoms. The van der Waals surface area contributed by atoms with Gasteiger partial charge < -0.3 is 14.5 Å². The van der Waals surface area contributed by atoms with Crippen LogP contribution in [0, 0.1) is 0 Å². The Bertz CT molecular complexity index is 725. The van der Waals surface area contributed by atoms with E-state index < -0.39 is 0 Å². The highest BCUT2D eigenvalue weighted by Crippen LogP contribution is 2.20. The van der Waals surface area contributed by atoms with Gasteiger partial charge in [-0.05, 0) is 57.3 Å². The first kappa shape index (κ1) is 19.9. The summed E-state index contributed by atoms with van der Waals surface area (Å²) in [7, 11) is 1.66. The number of thiocarbonyl (C=S) groups is 1. The van der Waals surface area contributed by atoms with E-state index in [1.807, 2.05) is 47.4 Å². The molecule has 0 aliphatic heterocycles. The molecule has 0 aliphatic carbocycles. The Hall–Kier alpha value is -2.40. The summed E-state index contributed by atoms with van der Waals surface area (Å²) in [5, 5.41) is 0.559. The molecule has 5 heteroatoms. The van der Waals surface area contributed by atoms with Gasteiger partial charge in [0.2, 0.25) is 5.11 Å². The Labute approximate surface area is 162 Å². The maximum Gasteiger partial charge on any atom is 0.201 e. The topological polar surface area (TPSA) is 28.1 Å². The largest absolute Gasteiger partial charge is 0.497 e. The normalized spacial score (nSPS) is 11.2. The maximum atomic E-state index is 5.69. The quantitative estimate of drug-likeness (QED) is 0.423. The number of methoxy groups -OCH3 is 1. The van der Waals surface area contributed by atoms with Crippen molar-refractivity contribution in [2.24, 2.45) is 4.99 Å². The van der Waals surface area contributed by atoms with Gasteiger partial charge in [-0.25, -0.2) is 4.99 Å². The van der Waals surface area contributed by atoms with Gasteiger partial charge in [0.15, 0.2) is 0 Å². The van der Waals surface area contributed by atoms with Crippen LogP contribution in [0.3, 0.4) is 0 Å². The summed E-state index contributed by atoms with van der Waals surface area (Å²) in [4.78, 5) is 9.10. The van der Waals surface area contributed by atoms with Crippen molar-refractivity contribution >= 4 is 28.9 Å². The summed E-state index contributed by atoms with van der Waals surface area (Å²) in [5.74, 6) is 1.74. The number of hydrogen-bond acceptors (Lipinski definition) is 2. The Kier molecular flexibility index (Phi) is 7.60. The van der Waals surface area contributed by atoms with Gasteiger partial charge in [-0.1, -0.05) is 30.3 Å². The fourth-order valence-electron chi connectivity index (χ4n) is 2.77. The van der Waals surface area contributed by atoms with E-state index >= 15 is 0 Å². The van der Waals surface area contributed by atoms with Gasteiger partial charge in [-0.15, -0.1) is 0 Å². The zero-order chi connectivity index (χ0) is 18.9. The van der Waals surface area contributed by atoms with Crippen molar-refractivity contribution in [3.63, 3.8) is 0 Å². The summed E-state index contributed by atoms with van der Waals surface area (Å²) < 4.78 is 5.24. The summed E-state index contributed by atoms with van der Waals surface area (Å²) in [6.07, 6.45) is 0. The average molecular weight is 370 g/mol. The monoisotopic (exact) mass is 369 g/mol. The van der Waals surface area contributed by atoms with E-state index in [2.05, 4.69) is 37.8 Å². The smallest absolute Gasteiger partial charge is 0.201 e. The first-order valence-electron chi connectivity index (χ1n) is 8.99.